The van der Waals surface area contributed by atoms with Gasteiger partial charge in [0.25, 0.3) is 5.91 Å². The van der Waals surface area contributed by atoms with Gasteiger partial charge in [-0.15, -0.1) is 11.3 Å². The molecule has 2 aromatic rings. The summed E-state index contributed by atoms with van der Waals surface area (Å²) in [6.45, 7) is 6.66. The van der Waals surface area contributed by atoms with Gasteiger partial charge in [0.15, 0.2) is 0 Å². The van der Waals surface area contributed by atoms with Crippen LogP contribution in [0, 0.1) is 12.8 Å². The highest BCUT2D eigenvalue weighted by atomic mass is 32.1. The van der Waals surface area contributed by atoms with Gasteiger partial charge in [-0.05, 0) is 37.8 Å². The predicted octanol–water partition coefficient (Wildman–Crippen LogP) is 3.33. The van der Waals surface area contributed by atoms with E-state index in [1.165, 1.54) is 4.88 Å². The van der Waals surface area contributed by atoms with Gasteiger partial charge < -0.3 is 10.2 Å². The van der Waals surface area contributed by atoms with Crippen LogP contribution in [0.15, 0.2) is 23.8 Å². The summed E-state index contributed by atoms with van der Waals surface area (Å²) in [5, 5.41) is 3.27. The Labute approximate surface area is 140 Å². The molecule has 23 heavy (non-hydrogen) atoms. The summed E-state index contributed by atoms with van der Waals surface area (Å²) in [6, 6.07) is 3.73. The summed E-state index contributed by atoms with van der Waals surface area (Å²) < 4.78 is 0. The third kappa shape index (κ3) is 3.88. The van der Waals surface area contributed by atoms with Gasteiger partial charge in [-0.3, -0.25) is 4.79 Å². The fraction of sp³-hybridized carbons (Fsp3) is 0.471. The second-order valence-corrected chi connectivity index (χ2v) is 7.06. The maximum Gasteiger partial charge on any atom is 0.255 e. The molecule has 1 fully saturated rings. The first-order valence-electron chi connectivity index (χ1n) is 8.01. The van der Waals surface area contributed by atoms with E-state index in [-0.39, 0.29) is 5.91 Å². The molecule has 6 heteroatoms. The molecule has 1 aliphatic heterocycles. The van der Waals surface area contributed by atoms with Crippen LogP contribution in [-0.2, 0) is 6.54 Å². The number of rotatable bonds is 4. The van der Waals surface area contributed by atoms with Crippen LogP contribution in [-0.4, -0.2) is 33.9 Å². The van der Waals surface area contributed by atoms with Crippen LogP contribution in [0.3, 0.4) is 0 Å². The molecule has 0 bridgehead atoms. The molecule has 3 rings (SSSR count). The number of amides is 1. The summed E-state index contributed by atoms with van der Waals surface area (Å²) in [4.78, 5) is 24.2. The zero-order chi connectivity index (χ0) is 16.2. The Balaban J connectivity index is 1.58. The lowest BCUT2D eigenvalue weighted by Gasteiger charge is -2.30. The molecule has 2 aromatic heterocycles. The van der Waals surface area contributed by atoms with Crippen LogP contribution in [0.4, 0.5) is 5.82 Å². The minimum absolute atomic E-state index is 0.0919. The summed E-state index contributed by atoms with van der Waals surface area (Å²) in [7, 11) is 0. The Bertz CT molecular complexity index is 659. The van der Waals surface area contributed by atoms with E-state index in [1.807, 2.05) is 29.5 Å². The molecule has 0 spiro atoms. The molecule has 1 aliphatic rings. The molecule has 0 atom stereocenters. The summed E-state index contributed by atoms with van der Waals surface area (Å²) in [5.74, 6) is 1.59. The first kappa shape index (κ1) is 15.9. The average Bonchev–Trinajstić information content (AvgIpc) is 2.99. The van der Waals surface area contributed by atoms with Crippen molar-refractivity contribution in [3.8, 4) is 0 Å². The largest absolute Gasteiger partial charge is 0.365 e. The van der Waals surface area contributed by atoms with Gasteiger partial charge in [-0.2, -0.15) is 0 Å². The van der Waals surface area contributed by atoms with Crippen molar-refractivity contribution in [3.05, 3.63) is 40.0 Å². The Hall–Kier alpha value is -1.95. The maximum atomic E-state index is 12.5. The van der Waals surface area contributed by atoms with Gasteiger partial charge in [0.2, 0.25) is 0 Å². The monoisotopic (exact) mass is 330 g/mol. The van der Waals surface area contributed by atoms with Gasteiger partial charge in [-0.1, -0.05) is 6.92 Å². The highest BCUT2D eigenvalue weighted by Crippen LogP contribution is 2.19. The number of piperidine rings is 1. The summed E-state index contributed by atoms with van der Waals surface area (Å²) >= 11 is 1.63. The molecule has 1 N–H and O–H groups in total. The van der Waals surface area contributed by atoms with Gasteiger partial charge in [0.1, 0.15) is 5.82 Å². The number of hydrogen-bond donors (Lipinski definition) is 1. The van der Waals surface area contributed by atoms with Gasteiger partial charge in [0, 0.05) is 24.2 Å². The number of likely N-dealkylation sites (tertiary alicyclic amines) is 1. The van der Waals surface area contributed by atoms with E-state index >= 15 is 0 Å². The van der Waals surface area contributed by atoms with Crippen molar-refractivity contribution in [2.45, 2.75) is 33.2 Å². The number of aromatic nitrogens is 2. The van der Waals surface area contributed by atoms with Crippen LogP contribution in [0.25, 0.3) is 0 Å². The van der Waals surface area contributed by atoms with Crippen molar-refractivity contribution in [2.75, 3.05) is 18.4 Å². The standard InChI is InChI=1S/C17H22N4OS/c1-12-5-7-21(8-6-12)17(22)14-3-4-16(18-9-14)19-10-15-13(2)20-11-23-15/h3-4,9,11-12H,5-8,10H2,1-2H3,(H,18,19). The van der Waals surface area contributed by atoms with Crippen LogP contribution in [0.2, 0.25) is 0 Å². The van der Waals surface area contributed by atoms with E-state index in [9.17, 15) is 4.79 Å². The SMILES string of the molecule is Cc1ncsc1CNc1ccc(C(=O)N2CCC(C)CC2)cn1. The fourth-order valence-corrected chi connectivity index (χ4v) is 3.40. The Morgan fingerprint density at radius 3 is 2.74 bits per heavy atom. The number of nitrogens with zero attached hydrogens (tertiary/aromatic N) is 3. The normalized spacial score (nSPS) is 15.7. The van der Waals surface area contributed by atoms with E-state index in [0.717, 1.165) is 43.4 Å². The van der Waals surface area contributed by atoms with Crippen molar-refractivity contribution in [1.29, 1.82) is 0 Å². The van der Waals surface area contributed by atoms with E-state index in [0.29, 0.717) is 12.1 Å². The van der Waals surface area contributed by atoms with E-state index < -0.39 is 0 Å². The van der Waals surface area contributed by atoms with Crippen molar-refractivity contribution >= 4 is 23.1 Å². The molecule has 0 radical (unpaired) electrons. The Morgan fingerprint density at radius 1 is 1.35 bits per heavy atom. The fourth-order valence-electron chi connectivity index (χ4n) is 2.69. The average molecular weight is 330 g/mol. The molecule has 3 heterocycles. The van der Waals surface area contributed by atoms with Crippen molar-refractivity contribution in [2.24, 2.45) is 5.92 Å². The maximum absolute atomic E-state index is 12.5. The van der Waals surface area contributed by atoms with Crippen LogP contribution >= 0.6 is 11.3 Å². The van der Waals surface area contributed by atoms with Crippen molar-refractivity contribution < 1.29 is 4.79 Å². The Kier molecular flexibility index (Phi) is 4.91. The van der Waals surface area contributed by atoms with E-state index in [1.54, 1.807) is 17.5 Å². The first-order chi connectivity index (χ1) is 11.1. The number of hydrogen-bond acceptors (Lipinski definition) is 5. The number of aryl methyl sites for hydroxylation is 1. The minimum Gasteiger partial charge on any atom is -0.365 e. The molecule has 1 amide bonds. The molecular formula is C17H22N4OS. The van der Waals surface area contributed by atoms with Crippen LogP contribution < -0.4 is 5.32 Å². The minimum atomic E-state index is 0.0919. The highest BCUT2D eigenvalue weighted by molar-refractivity contribution is 7.09. The third-order valence-corrected chi connectivity index (χ3v) is 5.29. The van der Waals surface area contributed by atoms with Crippen molar-refractivity contribution in [1.82, 2.24) is 14.9 Å². The third-order valence-electron chi connectivity index (χ3n) is 4.36. The zero-order valence-corrected chi connectivity index (χ0v) is 14.4. The number of carbonyl (C=O) groups is 1. The van der Waals surface area contributed by atoms with Gasteiger partial charge >= 0.3 is 0 Å². The highest BCUT2D eigenvalue weighted by Gasteiger charge is 2.21. The second-order valence-electron chi connectivity index (χ2n) is 6.12. The number of thiazole rings is 1. The predicted molar refractivity (Wildman–Crippen MR) is 92.7 cm³/mol. The molecule has 0 aliphatic carbocycles. The topological polar surface area (TPSA) is 58.1 Å². The Morgan fingerprint density at radius 2 is 2.13 bits per heavy atom. The second kappa shape index (κ2) is 7.08. The lowest BCUT2D eigenvalue weighted by atomic mass is 9.99. The lowest BCUT2D eigenvalue weighted by Crippen LogP contribution is -2.37. The number of carbonyl (C=O) groups excluding carboxylic acids is 1. The summed E-state index contributed by atoms with van der Waals surface area (Å²) in [5.41, 5.74) is 3.56. The quantitative estimate of drug-likeness (QED) is 0.934. The van der Waals surface area contributed by atoms with Gasteiger partial charge in [-0.25, -0.2) is 9.97 Å². The molecular weight excluding hydrogens is 308 g/mol. The molecule has 1 saturated heterocycles. The lowest BCUT2D eigenvalue weighted by molar-refractivity contribution is 0.0697. The molecule has 0 unspecified atom stereocenters. The molecule has 122 valence electrons. The number of anilines is 1. The van der Waals surface area contributed by atoms with Crippen LogP contribution in [0.1, 0.15) is 40.7 Å². The first-order valence-corrected chi connectivity index (χ1v) is 8.89. The van der Waals surface area contributed by atoms with E-state index in [4.69, 9.17) is 0 Å². The van der Waals surface area contributed by atoms with Crippen molar-refractivity contribution in [3.63, 3.8) is 0 Å². The molecule has 0 aromatic carbocycles. The van der Waals surface area contributed by atoms with E-state index in [2.05, 4.69) is 22.2 Å². The van der Waals surface area contributed by atoms with Gasteiger partial charge in [0.05, 0.1) is 23.3 Å². The number of nitrogens with one attached hydrogen (secondary N) is 1. The number of pyridine rings is 1. The van der Waals surface area contributed by atoms with Crippen LogP contribution in [0.5, 0.6) is 0 Å². The zero-order valence-electron chi connectivity index (χ0n) is 13.6. The smallest absolute Gasteiger partial charge is 0.255 e. The molecule has 0 saturated carbocycles. The molecule has 5 nitrogen and oxygen atoms in total. The summed E-state index contributed by atoms with van der Waals surface area (Å²) in [6.07, 6.45) is 3.85.